The molecule has 0 spiro atoms. The number of allylic oxidation sites excluding steroid dienone is 1. The maximum Gasteiger partial charge on any atom is 0.397 e. The molecule has 0 saturated heterocycles. The third-order valence-electron chi connectivity index (χ3n) is 8.74. The zero-order valence-electron chi connectivity index (χ0n) is 28.4. The van der Waals surface area contributed by atoms with Gasteiger partial charge in [-0.3, -0.25) is 4.55 Å². The molecule has 1 atom stereocenters. The van der Waals surface area contributed by atoms with E-state index in [-0.39, 0.29) is 12.5 Å². The molecule has 1 unspecified atom stereocenters. The molecule has 0 aliphatic heterocycles. The first-order chi connectivity index (χ1) is 20.5. The molecule has 252 valence electrons. The predicted molar refractivity (Wildman–Crippen MR) is 185 cm³/mol. The van der Waals surface area contributed by atoms with E-state index < -0.39 is 10.4 Å². The highest BCUT2D eigenvalue weighted by Crippen LogP contribution is 2.18. The molecule has 0 heterocycles. The maximum absolute atomic E-state index is 11.1. The van der Waals surface area contributed by atoms with Gasteiger partial charge in [-0.15, -0.1) is 0 Å². The standard InChI is InChI=1S/C37H74O4S/c1-3-5-7-9-11-13-15-17-18-19-20-21-23-25-27-29-31-33-35-37(36-41-42(38,39)40)34-32-30-28-26-24-22-16-14-12-10-8-6-4-2/h32,34,37H,3-31,33,35-36H2,1-2H3,(H,38,39,40)/b34-32+. The Kier molecular flexibility index (Phi) is 33.2. The topological polar surface area (TPSA) is 63.6 Å². The van der Waals surface area contributed by atoms with E-state index in [9.17, 15) is 8.42 Å². The van der Waals surface area contributed by atoms with Crippen molar-refractivity contribution in [3.63, 3.8) is 0 Å². The molecule has 0 aromatic rings. The Morgan fingerprint density at radius 2 is 0.810 bits per heavy atom. The number of unbranched alkanes of at least 4 members (excludes halogenated alkanes) is 28. The van der Waals surface area contributed by atoms with E-state index in [1.807, 2.05) is 0 Å². The summed E-state index contributed by atoms with van der Waals surface area (Å²) in [5, 5.41) is 0. The monoisotopic (exact) mass is 615 g/mol. The SMILES string of the molecule is CCCCCCCCCCCCC/C=C/C(CCCCCCCCCCCCCCCCCCCC)COS(=O)(=O)O. The van der Waals surface area contributed by atoms with Crippen LogP contribution in [0.1, 0.15) is 213 Å². The molecule has 0 radical (unpaired) electrons. The summed E-state index contributed by atoms with van der Waals surface area (Å²) >= 11 is 0. The van der Waals surface area contributed by atoms with Crippen molar-refractivity contribution in [3.8, 4) is 0 Å². The fourth-order valence-electron chi connectivity index (χ4n) is 5.93. The molecule has 0 aliphatic rings. The van der Waals surface area contributed by atoms with Crippen LogP contribution in [0.5, 0.6) is 0 Å². The molecular weight excluding hydrogens is 540 g/mol. The number of rotatable bonds is 35. The second-order valence-corrected chi connectivity index (χ2v) is 14.1. The summed E-state index contributed by atoms with van der Waals surface area (Å²) in [6, 6.07) is 0. The molecule has 42 heavy (non-hydrogen) atoms. The van der Waals surface area contributed by atoms with Crippen LogP contribution in [0.3, 0.4) is 0 Å². The molecule has 0 rings (SSSR count). The van der Waals surface area contributed by atoms with Crippen LogP contribution >= 0.6 is 0 Å². The third-order valence-corrected chi connectivity index (χ3v) is 9.18. The molecule has 0 aromatic carbocycles. The Morgan fingerprint density at radius 1 is 0.500 bits per heavy atom. The lowest BCUT2D eigenvalue weighted by atomic mass is 9.99. The van der Waals surface area contributed by atoms with E-state index in [2.05, 4.69) is 26.0 Å². The van der Waals surface area contributed by atoms with Crippen LogP contribution in [0.4, 0.5) is 0 Å². The van der Waals surface area contributed by atoms with Gasteiger partial charge in [-0.05, 0) is 19.3 Å². The lowest BCUT2D eigenvalue weighted by molar-refractivity contribution is 0.234. The lowest BCUT2D eigenvalue weighted by Crippen LogP contribution is -2.12. The minimum absolute atomic E-state index is 0.0482. The minimum Gasteiger partial charge on any atom is -0.264 e. The van der Waals surface area contributed by atoms with Gasteiger partial charge in [0.15, 0.2) is 0 Å². The van der Waals surface area contributed by atoms with Crippen molar-refractivity contribution >= 4 is 10.4 Å². The average Bonchev–Trinajstić information content (AvgIpc) is 2.96. The Balaban J connectivity index is 3.72. The van der Waals surface area contributed by atoms with Gasteiger partial charge in [0.05, 0.1) is 6.61 Å². The zero-order chi connectivity index (χ0) is 30.8. The van der Waals surface area contributed by atoms with Gasteiger partial charge in [-0.25, -0.2) is 4.18 Å². The molecule has 0 aliphatic carbocycles. The van der Waals surface area contributed by atoms with Crippen molar-refractivity contribution in [2.24, 2.45) is 5.92 Å². The largest absolute Gasteiger partial charge is 0.397 e. The van der Waals surface area contributed by atoms with Crippen molar-refractivity contribution in [2.75, 3.05) is 6.61 Å². The van der Waals surface area contributed by atoms with Crippen molar-refractivity contribution in [1.82, 2.24) is 0 Å². The van der Waals surface area contributed by atoms with Gasteiger partial charge >= 0.3 is 10.4 Å². The van der Waals surface area contributed by atoms with Gasteiger partial charge in [-0.1, -0.05) is 206 Å². The Bertz CT molecular complexity index is 646. The first kappa shape index (κ1) is 41.6. The Labute approximate surface area is 264 Å². The summed E-state index contributed by atoms with van der Waals surface area (Å²) in [6.07, 6.45) is 45.6. The summed E-state index contributed by atoms with van der Waals surface area (Å²) in [7, 11) is -4.37. The fraction of sp³-hybridized carbons (Fsp3) is 0.946. The second-order valence-electron chi connectivity index (χ2n) is 13.0. The van der Waals surface area contributed by atoms with Crippen LogP contribution in [0, 0.1) is 5.92 Å². The van der Waals surface area contributed by atoms with Crippen LogP contribution in [-0.2, 0) is 14.6 Å². The maximum atomic E-state index is 11.1. The molecule has 0 saturated carbocycles. The molecule has 4 nitrogen and oxygen atoms in total. The Morgan fingerprint density at radius 3 is 1.14 bits per heavy atom. The van der Waals surface area contributed by atoms with Gasteiger partial charge in [-0.2, -0.15) is 8.42 Å². The number of hydrogen-bond acceptors (Lipinski definition) is 3. The summed E-state index contributed by atoms with van der Waals surface area (Å²) in [5.41, 5.74) is 0. The van der Waals surface area contributed by atoms with E-state index in [0.717, 1.165) is 19.3 Å². The van der Waals surface area contributed by atoms with Gasteiger partial charge in [0, 0.05) is 5.92 Å². The van der Waals surface area contributed by atoms with Gasteiger partial charge in [0.1, 0.15) is 0 Å². The Hall–Kier alpha value is -0.390. The first-order valence-corrected chi connectivity index (χ1v) is 20.1. The van der Waals surface area contributed by atoms with E-state index in [1.54, 1.807) is 0 Å². The normalized spacial score (nSPS) is 12.9. The van der Waals surface area contributed by atoms with Gasteiger partial charge < -0.3 is 0 Å². The van der Waals surface area contributed by atoms with Gasteiger partial charge in [0.2, 0.25) is 0 Å². The quantitative estimate of drug-likeness (QED) is 0.0438. The predicted octanol–water partition coefficient (Wildman–Crippen LogP) is 13.1. The minimum atomic E-state index is -4.37. The van der Waals surface area contributed by atoms with Crippen LogP contribution < -0.4 is 0 Å². The molecule has 0 aromatic heterocycles. The van der Waals surface area contributed by atoms with Crippen LogP contribution in [0.25, 0.3) is 0 Å². The lowest BCUT2D eigenvalue weighted by Gasteiger charge is -2.12. The second kappa shape index (κ2) is 33.5. The summed E-state index contributed by atoms with van der Waals surface area (Å²) in [6.45, 7) is 4.60. The first-order valence-electron chi connectivity index (χ1n) is 18.8. The van der Waals surface area contributed by atoms with Gasteiger partial charge in [0.25, 0.3) is 0 Å². The summed E-state index contributed by atoms with van der Waals surface area (Å²) < 4.78 is 35.9. The molecule has 5 heteroatoms. The molecule has 1 N–H and O–H groups in total. The van der Waals surface area contributed by atoms with Crippen LogP contribution in [0.2, 0.25) is 0 Å². The van der Waals surface area contributed by atoms with Crippen molar-refractivity contribution in [2.45, 2.75) is 213 Å². The fourth-order valence-corrected chi connectivity index (χ4v) is 6.28. The smallest absolute Gasteiger partial charge is 0.264 e. The van der Waals surface area contributed by atoms with E-state index in [1.165, 1.54) is 180 Å². The summed E-state index contributed by atoms with van der Waals surface area (Å²) in [5.74, 6) is 0.0562. The molecule has 0 amide bonds. The van der Waals surface area contributed by atoms with E-state index >= 15 is 0 Å². The average molecular weight is 615 g/mol. The van der Waals surface area contributed by atoms with Crippen molar-refractivity contribution < 1.29 is 17.2 Å². The summed E-state index contributed by atoms with van der Waals surface area (Å²) in [4.78, 5) is 0. The zero-order valence-corrected chi connectivity index (χ0v) is 29.3. The van der Waals surface area contributed by atoms with E-state index in [0.29, 0.717) is 0 Å². The number of hydrogen-bond donors (Lipinski definition) is 1. The molecule has 0 fully saturated rings. The van der Waals surface area contributed by atoms with E-state index in [4.69, 9.17) is 8.74 Å². The van der Waals surface area contributed by atoms with Crippen molar-refractivity contribution in [3.05, 3.63) is 12.2 Å². The van der Waals surface area contributed by atoms with Crippen molar-refractivity contribution in [1.29, 1.82) is 0 Å². The highest BCUT2D eigenvalue weighted by atomic mass is 32.3. The third kappa shape index (κ3) is 35.8. The molecule has 0 bridgehead atoms. The molecular formula is C37H74O4S. The van der Waals surface area contributed by atoms with Crippen LogP contribution in [-0.4, -0.2) is 19.6 Å². The highest BCUT2D eigenvalue weighted by molar-refractivity contribution is 7.80. The van der Waals surface area contributed by atoms with Crippen LogP contribution in [0.15, 0.2) is 12.2 Å². The highest BCUT2D eigenvalue weighted by Gasteiger charge is 2.11.